The Bertz CT molecular complexity index is 1020. The third-order valence-electron chi connectivity index (χ3n) is 4.76. The molecule has 1 aromatic heterocycles. The first-order chi connectivity index (χ1) is 14.2. The molecule has 1 atom stereocenters. The second-order valence-electron chi connectivity index (χ2n) is 6.67. The fraction of sp³-hybridized carbons (Fsp3) is 0.286. The highest BCUT2D eigenvalue weighted by atomic mass is 16.5. The van der Waals surface area contributed by atoms with Gasteiger partial charge < -0.3 is 14.2 Å². The second kappa shape index (κ2) is 8.22. The maximum Gasteiger partial charge on any atom is 0.229 e. The van der Waals surface area contributed by atoms with Crippen molar-refractivity contribution >= 4 is 11.9 Å². The lowest BCUT2D eigenvalue weighted by Crippen LogP contribution is -2.29. The Hall–Kier alpha value is -3.55. The zero-order chi connectivity index (χ0) is 20.2. The molecular formula is C21H22N4O4. The van der Waals surface area contributed by atoms with E-state index in [1.165, 1.54) is 6.33 Å². The zero-order valence-corrected chi connectivity index (χ0v) is 16.3. The third kappa shape index (κ3) is 4.01. The van der Waals surface area contributed by atoms with E-state index in [9.17, 15) is 4.79 Å². The molecule has 8 heteroatoms. The van der Waals surface area contributed by atoms with E-state index in [0.29, 0.717) is 30.7 Å². The number of benzene rings is 2. The molecule has 2 aromatic carbocycles. The number of nitrogens with zero attached hydrogens (tertiary/aromatic N) is 3. The maximum absolute atomic E-state index is 12.0. The summed E-state index contributed by atoms with van der Waals surface area (Å²) < 4.78 is 18.8. The summed E-state index contributed by atoms with van der Waals surface area (Å²) in [5, 5.41) is 6.94. The summed E-state index contributed by atoms with van der Waals surface area (Å²) in [4.78, 5) is 16.1. The fourth-order valence-corrected chi connectivity index (χ4v) is 3.30. The van der Waals surface area contributed by atoms with Crippen LogP contribution in [0.5, 0.6) is 17.2 Å². The minimum Gasteiger partial charge on any atom is -0.493 e. The summed E-state index contributed by atoms with van der Waals surface area (Å²) >= 11 is 0. The number of carbonyl (C=O) groups excluding carboxylic acids is 1. The number of rotatable bonds is 7. The molecule has 0 unspecified atom stereocenters. The summed E-state index contributed by atoms with van der Waals surface area (Å²) in [6.45, 7) is 2.80. The van der Waals surface area contributed by atoms with Gasteiger partial charge in [-0.15, -0.1) is 0 Å². The number of aromatic nitrogens is 3. The second-order valence-corrected chi connectivity index (χ2v) is 6.67. The molecule has 0 saturated carbocycles. The third-order valence-corrected chi connectivity index (χ3v) is 4.76. The predicted molar refractivity (Wildman–Crippen MR) is 107 cm³/mol. The van der Waals surface area contributed by atoms with E-state index in [1.54, 1.807) is 11.8 Å². The van der Waals surface area contributed by atoms with Crippen molar-refractivity contribution in [3.8, 4) is 17.2 Å². The van der Waals surface area contributed by atoms with Crippen LogP contribution in [-0.4, -0.2) is 41.0 Å². The Balaban J connectivity index is 1.44. The predicted octanol–water partition coefficient (Wildman–Crippen LogP) is 2.98. The van der Waals surface area contributed by atoms with Crippen molar-refractivity contribution in [1.29, 1.82) is 0 Å². The number of carbonyl (C=O) groups is 1. The molecule has 0 aliphatic carbocycles. The SMILES string of the molecule is COc1cc([C@H]2CC(=O)Nc3ncnn32)ccc1OCCOc1ccccc1C. The van der Waals surface area contributed by atoms with Crippen molar-refractivity contribution < 1.29 is 19.0 Å². The molecule has 1 aliphatic heterocycles. The number of anilines is 1. The maximum atomic E-state index is 12.0. The summed E-state index contributed by atoms with van der Waals surface area (Å²) in [7, 11) is 1.59. The van der Waals surface area contributed by atoms with Gasteiger partial charge in [0.2, 0.25) is 11.9 Å². The molecular weight excluding hydrogens is 372 g/mol. The van der Waals surface area contributed by atoms with Gasteiger partial charge in [-0.3, -0.25) is 10.1 Å². The average molecular weight is 394 g/mol. The fourth-order valence-electron chi connectivity index (χ4n) is 3.30. The van der Waals surface area contributed by atoms with E-state index in [0.717, 1.165) is 16.9 Å². The van der Waals surface area contributed by atoms with E-state index in [4.69, 9.17) is 14.2 Å². The largest absolute Gasteiger partial charge is 0.493 e. The number of aryl methyl sites for hydroxylation is 1. The number of amides is 1. The van der Waals surface area contributed by atoms with Gasteiger partial charge in [-0.1, -0.05) is 24.3 Å². The number of hydrogen-bond acceptors (Lipinski definition) is 6. The molecule has 1 amide bonds. The summed E-state index contributed by atoms with van der Waals surface area (Å²) in [6.07, 6.45) is 1.71. The van der Waals surface area contributed by atoms with Gasteiger partial charge in [-0.2, -0.15) is 10.1 Å². The molecule has 1 N–H and O–H groups in total. The molecule has 0 spiro atoms. The van der Waals surface area contributed by atoms with Crippen LogP contribution < -0.4 is 19.5 Å². The molecule has 29 heavy (non-hydrogen) atoms. The highest BCUT2D eigenvalue weighted by molar-refractivity contribution is 5.91. The lowest BCUT2D eigenvalue weighted by Gasteiger charge is -2.24. The molecule has 0 fully saturated rings. The van der Waals surface area contributed by atoms with Gasteiger partial charge in [-0.05, 0) is 36.2 Å². The average Bonchev–Trinajstić information content (AvgIpc) is 3.20. The molecule has 1 aliphatic rings. The normalized spacial score (nSPS) is 15.4. The van der Waals surface area contributed by atoms with Crippen LogP contribution in [0.25, 0.3) is 0 Å². The van der Waals surface area contributed by atoms with Crippen LogP contribution in [0.3, 0.4) is 0 Å². The van der Waals surface area contributed by atoms with Crippen molar-refractivity contribution in [2.75, 3.05) is 25.6 Å². The van der Waals surface area contributed by atoms with Crippen molar-refractivity contribution in [2.24, 2.45) is 0 Å². The van der Waals surface area contributed by atoms with Crippen LogP contribution in [-0.2, 0) is 4.79 Å². The molecule has 8 nitrogen and oxygen atoms in total. The first-order valence-electron chi connectivity index (χ1n) is 9.34. The van der Waals surface area contributed by atoms with E-state index < -0.39 is 0 Å². The van der Waals surface area contributed by atoms with Crippen LogP contribution in [0.4, 0.5) is 5.95 Å². The van der Waals surface area contributed by atoms with Gasteiger partial charge in [-0.25, -0.2) is 4.68 Å². The van der Waals surface area contributed by atoms with Crippen LogP contribution in [0.15, 0.2) is 48.8 Å². The van der Waals surface area contributed by atoms with Crippen molar-refractivity contribution in [3.63, 3.8) is 0 Å². The Labute approximate surface area is 168 Å². The van der Waals surface area contributed by atoms with Gasteiger partial charge in [0.25, 0.3) is 0 Å². The van der Waals surface area contributed by atoms with Crippen LogP contribution in [0.1, 0.15) is 23.6 Å². The highest BCUT2D eigenvalue weighted by Gasteiger charge is 2.28. The van der Waals surface area contributed by atoms with Crippen molar-refractivity contribution in [1.82, 2.24) is 14.8 Å². The highest BCUT2D eigenvalue weighted by Crippen LogP contribution is 2.34. The van der Waals surface area contributed by atoms with Gasteiger partial charge in [0.1, 0.15) is 25.3 Å². The first kappa shape index (κ1) is 18.8. The smallest absolute Gasteiger partial charge is 0.229 e. The quantitative estimate of drug-likeness (QED) is 0.620. The minimum absolute atomic E-state index is 0.0943. The molecule has 4 rings (SSSR count). The van der Waals surface area contributed by atoms with E-state index >= 15 is 0 Å². The van der Waals surface area contributed by atoms with Gasteiger partial charge in [0.05, 0.1) is 19.6 Å². The number of hydrogen-bond donors (Lipinski definition) is 1. The standard InChI is InChI=1S/C21H22N4O4/c1-14-5-3-4-6-17(14)28-9-10-29-18-8-7-15(11-19(18)27-2)16-12-20(26)24-21-22-13-23-25(16)21/h3-8,11,13,16H,9-10,12H2,1-2H3,(H,22,23,24,26)/t16-/m1/s1. The van der Waals surface area contributed by atoms with E-state index in [-0.39, 0.29) is 18.4 Å². The van der Waals surface area contributed by atoms with Gasteiger partial charge >= 0.3 is 0 Å². The Morgan fingerprint density at radius 2 is 1.90 bits per heavy atom. The molecule has 0 radical (unpaired) electrons. The van der Waals surface area contributed by atoms with Crippen LogP contribution in [0.2, 0.25) is 0 Å². The number of nitrogens with one attached hydrogen (secondary N) is 1. The lowest BCUT2D eigenvalue weighted by atomic mass is 10.0. The van der Waals surface area contributed by atoms with Crippen molar-refractivity contribution in [2.45, 2.75) is 19.4 Å². The Morgan fingerprint density at radius 3 is 2.69 bits per heavy atom. The number of ether oxygens (including phenoxy) is 3. The summed E-state index contributed by atoms with van der Waals surface area (Å²) in [5.74, 6) is 2.40. The summed E-state index contributed by atoms with van der Waals surface area (Å²) in [6, 6.07) is 13.2. The van der Waals surface area contributed by atoms with Gasteiger partial charge in [0, 0.05) is 0 Å². The zero-order valence-electron chi connectivity index (χ0n) is 16.3. The Morgan fingerprint density at radius 1 is 1.10 bits per heavy atom. The van der Waals surface area contributed by atoms with E-state index in [2.05, 4.69) is 15.4 Å². The molecule has 0 saturated heterocycles. The van der Waals surface area contributed by atoms with Crippen LogP contribution >= 0.6 is 0 Å². The van der Waals surface area contributed by atoms with Crippen LogP contribution in [0, 0.1) is 6.92 Å². The molecule has 150 valence electrons. The monoisotopic (exact) mass is 394 g/mol. The topological polar surface area (TPSA) is 87.5 Å². The lowest BCUT2D eigenvalue weighted by molar-refractivity contribution is -0.117. The molecule has 0 bridgehead atoms. The summed E-state index contributed by atoms with van der Waals surface area (Å²) in [5.41, 5.74) is 1.98. The number of methoxy groups -OCH3 is 1. The molecule has 2 heterocycles. The van der Waals surface area contributed by atoms with Crippen molar-refractivity contribution in [3.05, 3.63) is 59.9 Å². The number of fused-ring (bicyclic) bond motifs is 1. The van der Waals surface area contributed by atoms with Gasteiger partial charge in [0.15, 0.2) is 11.5 Å². The number of para-hydroxylation sites is 1. The van der Waals surface area contributed by atoms with E-state index in [1.807, 2.05) is 49.4 Å². The minimum atomic E-state index is -0.242. The first-order valence-corrected chi connectivity index (χ1v) is 9.34. The Kier molecular flexibility index (Phi) is 5.33. The molecule has 3 aromatic rings.